The van der Waals surface area contributed by atoms with Crippen LogP contribution < -0.4 is 4.89 Å². The van der Waals surface area contributed by atoms with Gasteiger partial charge in [-0.25, -0.2) is 0 Å². The molecule has 0 aromatic carbocycles. The predicted octanol–water partition coefficient (Wildman–Crippen LogP) is 10.1. The predicted molar refractivity (Wildman–Crippen MR) is 225 cm³/mol. The van der Waals surface area contributed by atoms with Crippen LogP contribution in [0.2, 0.25) is 0 Å². The van der Waals surface area contributed by atoms with E-state index in [-0.39, 0.29) is 26.1 Å². The molecular weight excluding hydrogens is 733 g/mol. The van der Waals surface area contributed by atoms with Gasteiger partial charge in [0.2, 0.25) is 0 Å². The van der Waals surface area contributed by atoms with E-state index in [1.54, 1.807) is 0 Å². The minimum Gasteiger partial charge on any atom is -0.756 e. The summed E-state index contributed by atoms with van der Waals surface area (Å²) < 4.78 is 33.8. The SMILES string of the molecule is CCCCCCCCCCCCCCCCCC(=O)OCC(COP(=O)([O-])OCC[N+](C)(C)C)OC(=O)CCCCCCCCCC(O)C(O)CCCCCC. The van der Waals surface area contributed by atoms with Gasteiger partial charge in [0.25, 0.3) is 7.82 Å². The molecule has 0 radical (unpaired) electrons. The molecule has 0 amide bonds. The molecule has 0 heterocycles. The van der Waals surface area contributed by atoms with Gasteiger partial charge in [-0.1, -0.05) is 168 Å². The zero-order valence-corrected chi connectivity index (χ0v) is 37.7. The first kappa shape index (κ1) is 54.9. The summed E-state index contributed by atoms with van der Waals surface area (Å²) in [5.41, 5.74) is 0. The fourth-order valence-corrected chi connectivity index (χ4v) is 7.30. The van der Waals surface area contributed by atoms with Crippen LogP contribution in [0.25, 0.3) is 0 Å². The van der Waals surface area contributed by atoms with Gasteiger partial charge in [0, 0.05) is 12.8 Å². The average molecular weight is 822 g/mol. The third-order valence-electron chi connectivity index (χ3n) is 10.3. The summed E-state index contributed by atoms with van der Waals surface area (Å²) in [5.74, 6) is -0.899. The summed E-state index contributed by atoms with van der Waals surface area (Å²) in [6.07, 6.45) is 28.6. The van der Waals surface area contributed by atoms with Crippen molar-refractivity contribution >= 4 is 19.8 Å². The van der Waals surface area contributed by atoms with Crippen molar-refractivity contribution < 1.29 is 52.3 Å². The second-order valence-corrected chi connectivity index (χ2v) is 18.5. The van der Waals surface area contributed by atoms with E-state index < -0.39 is 44.7 Å². The molecule has 334 valence electrons. The number of rotatable bonds is 42. The van der Waals surface area contributed by atoms with Crippen LogP contribution in [0.3, 0.4) is 0 Å². The number of aliphatic hydroxyl groups is 2. The number of hydrogen-bond acceptors (Lipinski definition) is 10. The highest BCUT2D eigenvalue weighted by Crippen LogP contribution is 2.38. The number of likely N-dealkylation sites (N-methyl/N-ethyl adjacent to an activating group) is 1. The zero-order chi connectivity index (χ0) is 41.8. The Morgan fingerprint density at radius 3 is 1.36 bits per heavy atom. The Kier molecular flexibility index (Phi) is 36.3. The molecule has 2 N–H and O–H groups in total. The summed E-state index contributed by atoms with van der Waals surface area (Å²) in [6.45, 7) is 4.04. The molecule has 0 saturated carbocycles. The standard InChI is InChI=1S/C44H88NO10P/c1-6-8-10-12-13-14-15-16-17-18-19-20-23-26-30-34-43(48)52-38-40(39-54-56(50,51)53-37-36-45(3,4)5)55-44(49)35-31-27-24-21-22-25-29-33-42(47)41(46)32-28-11-9-7-2/h40-42,46-47H,6-39H2,1-5H3. The minimum absolute atomic E-state index is 0.0484. The fourth-order valence-electron chi connectivity index (χ4n) is 6.57. The molecule has 0 fully saturated rings. The van der Waals surface area contributed by atoms with Crippen LogP contribution in [0.5, 0.6) is 0 Å². The molecule has 4 atom stereocenters. The lowest BCUT2D eigenvalue weighted by atomic mass is 10.00. The molecule has 0 spiro atoms. The summed E-state index contributed by atoms with van der Waals surface area (Å²) in [7, 11) is 1.10. The van der Waals surface area contributed by atoms with Gasteiger partial charge in [-0.15, -0.1) is 0 Å². The van der Waals surface area contributed by atoms with E-state index in [9.17, 15) is 29.3 Å². The van der Waals surface area contributed by atoms with Crippen molar-refractivity contribution in [2.24, 2.45) is 0 Å². The van der Waals surface area contributed by atoms with Crippen molar-refractivity contribution in [3.63, 3.8) is 0 Å². The van der Waals surface area contributed by atoms with Crippen LogP contribution in [0.1, 0.15) is 206 Å². The van der Waals surface area contributed by atoms with Gasteiger partial charge in [0.15, 0.2) is 6.10 Å². The van der Waals surface area contributed by atoms with Crippen LogP contribution in [0.15, 0.2) is 0 Å². The Balaban J connectivity index is 4.38. The van der Waals surface area contributed by atoms with Gasteiger partial charge in [-0.2, -0.15) is 0 Å². The van der Waals surface area contributed by atoms with Crippen LogP contribution in [-0.4, -0.2) is 92.5 Å². The Morgan fingerprint density at radius 1 is 0.554 bits per heavy atom. The molecule has 0 aromatic heterocycles. The monoisotopic (exact) mass is 822 g/mol. The third-order valence-corrected chi connectivity index (χ3v) is 11.3. The molecule has 56 heavy (non-hydrogen) atoms. The molecule has 0 bridgehead atoms. The number of phosphoric acid groups is 1. The third kappa shape index (κ3) is 38.4. The molecule has 0 aliphatic carbocycles. The Hall–Kier alpha value is -1.07. The number of carbonyl (C=O) groups is 2. The first-order chi connectivity index (χ1) is 26.8. The highest BCUT2D eigenvalue weighted by molar-refractivity contribution is 7.45. The van der Waals surface area contributed by atoms with E-state index in [4.69, 9.17) is 18.5 Å². The van der Waals surface area contributed by atoms with E-state index in [0.717, 1.165) is 83.5 Å². The van der Waals surface area contributed by atoms with Gasteiger partial charge in [0.05, 0.1) is 40.0 Å². The first-order valence-corrected chi connectivity index (χ1v) is 24.4. The highest BCUT2D eigenvalue weighted by Gasteiger charge is 2.22. The first-order valence-electron chi connectivity index (χ1n) is 22.9. The summed E-state index contributed by atoms with van der Waals surface area (Å²) in [5, 5.41) is 20.4. The number of aliphatic hydroxyl groups excluding tert-OH is 2. The maximum Gasteiger partial charge on any atom is 0.306 e. The second-order valence-electron chi connectivity index (χ2n) is 17.1. The molecule has 12 heteroatoms. The lowest BCUT2D eigenvalue weighted by Crippen LogP contribution is -2.37. The lowest BCUT2D eigenvalue weighted by molar-refractivity contribution is -0.870. The van der Waals surface area contributed by atoms with Crippen molar-refractivity contribution in [2.75, 3.05) is 47.5 Å². The minimum atomic E-state index is -4.65. The number of phosphoric ester groups is 1. The largest absolute Gasteiger partial charge is 0.756 e. The summed E-state index contributed by atoms with van der Waals surface area (Å²) in [4.78, 5) is 37.6. The molecule has 4 unspecified atom stereocenters. The molecule has 0 aromatic rings. The van der Waals surface area contributed by atoms with Gasteiger partial charge in [-0.3, -0.25) is 14.2 Å². The van der Waals surface area contributed by atoms with Crippen molar-refractivity contribution in [1.29, 1.82) is 0 Å². The maximum atomic E-state index is 12.7. The highest BCUT2D eigenvalue weighted by atomic mass is 31.2. The van der Waals surface area contributed by atoms with Gasteiger partial charge >= 0.3 is 11.9 Å². The molecule has 0 aliphatic heterocycles. The van der Waals surface area contributed by atoms with Gasteiger partial charge < -0.3 is 38.1 Å². The molecule has 0 rings (SSSR count). The van der Waals surface area contributed by atoms with Gasteiger partial charge in [-0.05, 0) is 25.7 Å². The van der Waals surface area contributed by atoms with E-state index in [1.807, 2.05) is 21.1 Å². The Morgan fingerprint density at radius 2 is 0.929 bits per heavy atom. The molecule has 11 nitrogen and oxygen atoms in total. The number of ether oxygens (including phenoxy) is 2. The van der Waals surface area contributed by atoms with Crippen LogP contribution in [0.4, 0.5) is 0 Å². The number of unbranched alkanes of at least 4 members (excludes halogenated alkanes) is 23. The smallest absolute Gasteiger partial charge is 0.306 e. The van der Waals surface area contributed by atoms with Crippen molar-refractivity contribution in [3.8, 4) is 0 Å². The van der Waals surface area contributed by atoms with Crippen LogP contribution >= 0.6 is 7.82 Å². The average Bonchev–Trinajstić information content (AvgIpc) is 3.14. The number of quaternary nitrogens is 1. The van der Waals surface area contributed by atoms with Crippen LogP contribution in [0, 0.1) is 0 Å². The quantitative estimate of drug-likeness (QED) is 0.0263. The van der Waals surface area contributed by atoms with E-state index in [1.165, 1.54) is 77.0 Å². The molecular formula is C44H88NO10P. The molecule has 0 saturated heterocycles. The fraction of sp³-hybridized carbons (Fsp3) is 0.955. The zero-order valence-electron chi connectivity index (χ0n) is 36.8. The molecule has 0 aliphatic rings. The topological polar surface area (TPSA) is 152 Å². The normalized spacial score (nSPS) is 14.6. The number of nitrogens with zero attached hydrogens (tertiary/aromatic N) is 1. The summed E-state index contributed by atoms with van der Waals surface area (Å²) in [6, 6.07) is 0. The Bertz CT molecular complexity index is 963. The van der Waals surface area contributed by atoms with Gasteiger partial charge in [0.1, 0.15) is 19.8 Å². The van der Waals surface area contributed by atoms with E-state index in [2.05, 4.69) is 13.8 Å². The summed E-state index contributed by atoms with van der Waals surface area (Å²) >= 11 is 0. The Labute approximate surface area is 343 Å². The van der Waals surface area contributed by atoms with Crippen molar-refractivity contribution in [2.45, 2.75) is 225 Å². The maximum absolute atomic E-state index is 12.7. The second kappa shape index (κ2) is 37.0. The van der Waals surface area contributed by atoms with Crippen LogP contribution in [-0.2, 0) is 32.7 Å². The van der Waals surface area contributed by atoms with E-state index >= 15 is 0 Å². The van der Waals surface area contributed by atoms with Crippen molar-refractivity contribution in [1.82, 2.24) is 0 Å². The number of hydrogen-bond donors (Lipinski definition) is 2. The number of esters is 2. The van der Waals surface area contributed by atoms with E-state index in [0.29, 0.717) is 30.3 Å². The lowest BCUT2D eigenvalue weighted by Gasteiger charge is -2.28. The van der Waals surface area contributed by atoms with Crippen molar-refractivity contribution in [3.05, 3.63) is 0 Å². The number of carbonyl (C=O) groups excluding carboxylic acids is 2.